The van der Waals surface area contributed by atoms with E-state index in [1.807, 2.05) is 20.8 Å². The van der Waals surface area contributed by atoms with Crippen molar-refractivity contribution in [1.29, 1.82) is 0 Å². The molecular weight excluding hydrogens is 472 g/mol. The maximum Gasteiger partial charge on any atom is 0.326 e. The van der Waals surface area contributed by atoms with E-state index in [1.165, 1.54) is 12.5 Å². The molecule has 1 heterocycles. The van der Waals surface area contributed by atoms with Gasteiger partial charge in [-0.1, -0.05) is 34.1 Å². The first-order valence-electron chi connectivity index (χ1n) is 11.9. The topological polar surface area (TPSA) is 217 Å². The average molecular weight is 511 g/mol. The Bertz CT molecular complexity index is 890. The zero-order chi connectivity index (χ0) is 27.4. The summed E-state index contributed by atoms with van der Waals surface area (Å²) in [6.07, 6.45) is 2.97. The molecule has 13 nitrogen and oxygen atoms in total. The molecular formula is C23H38N6O7. The summed E-state index contributed by atoms with van der Waals surface area (Å²) in [5, 5.41) is 25.8. The van der Waals surface area contributed by atoms with Gasteiger partial charge < -0.3 is 36.9 Å². The minimum absolute atomic E-state index is 0.0448. The molecule has 5 atom stereocenters. The van der Waals surface area contributed by atoms with Crippen molar-refractivity contribution in [2.45, 2.75) is 84.0 Å². The first-order chi connectivity index (χ1) is 16.8. The molecule has 1 rings (SSSR count). The Morgan fingerprint density at radius 1 is 1.00 bits per heavy atom. The van der Waals surface area contributed by atoms with Gasteiger partial charge in [0.05, 0.1) is 12.4 Å². The van der Waals surface area contributed by atoms with Crippen molar-refractivity contribution in [1.82, 2.24) is 25.9 Å². The lowest BCUT2D eigenvalue weighted by Crippen LogP contribution is -2.59. The highest BCUT2D eigenvalue weighted by Gasteiger charge is 2.33. The van der Waals surface area contributed by atoms with Crippen molar-refractivity contribution in [3.63, 3.8) is 0 Å². The van der Waals surface area contributed by atoms with Crippen molar-refractivity contribution < 1.29 is 34.2 Å². The summed E-state index contributed by atoms with van der Waals surface area (Å²) in [6, 6.07) is -4.48. The molecule has 0 bridgehead atoms. The van der Waals surface area contributed by atoms with E-state index in [0.29, 0.717) is 18.5 Å². The molecule has 0 aromatic carbocycles. The summed E-state index contributed by atoms with van der Waals surface area (Å²) >= 11 is 0. The molecule has 8 N–H and O–H groups in total. The number of nitrogens with zero attached hydrogens (tertiary/aromatic N) is 1. The van der Waals surface area contributed by atoms with E-state index in [2.05, 4.69) is 25.9 Å². The first-order valence-corrected chi connectivity index (χ1v) is 11.9. The van der Waals surface area contributed by atoms with Crippen LogP contribution < -0.4 is 21.7 Å². The van der Waals surface area contributed by atoms with Gasteiger partial charge in [-0.2, -0.15) is 0 Å². The number of H-pyrrole nitrogens is 1. The number of hydrogen-bond acceptors (Lipinski definition) is 7. The Kier molecular flexibility index (Phi) is 12.6. The van der Waals surface area contributed by atoms with Crippen LogP contribution in [0.5, 0.6) is 0 Å². The van der Waals surface area contributed by atoms with E-state index in [-0.39, 0.29) is 24.7 Å². The fourth-order valence-corrected chi connectivity index (χ4v) is 3.46. The third kappa shape index (κ3) is 10.4. The van der Waals surface area contributed by atoms with Crippen LogP contribution in [0.25, 0.3) is 0 Å². The standard InChI is InChI=1S/C23H38N6O7/c1-5-13(4)19(29-20(32)15(24)8-12(2)3)22(34)28-17(9-14-10-25-11-26-14)21(33)27-16(23(35)36)6-7-18(30)31/h10-13,15-17,19H,5-9,24H2,1-4H3,(H,25,26)(H,27,33)(H,28,34)(H,29,32)(H,30,31)(H,35,36). The van der Waals surface area contributed by atoms with E-state index < -0.39 is 60.2 Å². The lowest BCUT2D eigenvalue weighted by Gasteiger charge is -2.28. The van der Waals surface area contributed by atoms with Gasteiger partial charge in [-0.3, -0.25) is 19.2 Å². The number of carbonyl (C=O) groups is 5. The molecule has 1 aromatic heterocycles. The van der Waals surface area contributed by atoms with Crippen LogP contribution in [0.4, 0.5) is 0 Å². The molecule has 0 fully saturated rings. The van der Waals surface area contributed by atoms with Crippen LogP contribution in [0.1, 0.15) is 59.1 Å². The molecule has 0 aliphatic heterocycles. The highest BCUT2D eigenvalue weighted by atomic mass is 16.4. The maximum atomic E-state index is 13.2. The predicted molar refractivity (Wildman–Crippen MR) is 129 cm³/mol. The van der Waals surface area contributed by atoms with Crippen LogP contribution >= 0.6 is 0 Å². The molecule has 13 heteroatoms. The van der Waals surface area contributed by atoms with E-state index in [1.54, 1.807) is 6.92 Å². The maximum absolute atomic E-state index is 13.2. The molecule has 0 saturated carbocycles. The highest BCUT2D eigenvalue weighted by molar-refractivity contribution is 5.94. The fourth-order valence-electron chi connectivity index (χ4n) is 3.46. The Morgan fingerprint density at radius 3 is 2.14 bits per heavy atom. The average Bonchev–Trinajstić information content (AvgIpc) is 3.31. The Morgan fingerprint density at radius 2 is 1.64 bits per heavy atom. The number of aliphatic carboxylic acids is 2. The van der Waals surface area contributed by atoms with Gasteiger partial charge in [0.2, 0.25) is 17.7 Å². The van der Waals surface area contributed by atoms with Crippen LogP contribution in [0.2, 0.25) is 0 Å². The summed E-state index contributed by atoms with van der Waals surface area (Å²) in [5.74, 6) is -4.67. The van der Waals surface area contributed by atoms with Gasteiger partial charge in [0.15, 0.2) is 0 Å². The summed E-state index contributed by atoms with van der Waals surface area (Å²) in [4.78, 5) is 67.9. The second kappa shape index (κ2) is 14.8. The van der Waals surface area contributed by atoms with Gasteiger partial charge in [0, 0.05) is 24.7 Å². The molecule has 0 spiro atoms. The molecule has 202 valence electrons. The van der Waals surface area contributed by atoms with Crippen LogP contribution in [0.15, 0.2) is 12.5 Å². The Labute approximate surface area is 210 Å². The molecule has 0 saturated heterocycles. The van der Waals surface area contributed by atoms with Gasteiger partial charge in [0.25, 0.3) is 0 Å². The van der Waals surface area contributed by atoms with Crippen molar-refractivity contribution >= 4 is 29.7 Å². The van der Waals surface area contributed by atoms with Crippen LogP contribution in [0, 0.1) is 11.8 Å². The van der Waals surface area contributed by atoms with Crippen molar-refractivity contribution in [2.24, 2.45) is 17.6 Å². The number of rotatable bonds is 16. The summed E-state index contributed by atoms with van der Waals surface area (Å²) in [7, 11) is 0. The predicted octanol–water partition coefficient (Wildman–Crippen LogP) is -0.224. The molecule has 1 aromatic rings. The van der Waals surface area contributed by atoms with Gasteiger partial charge in [-0.05, 0) is 24.7 Å². The van der Waals surface area contributed by atoms with Crippen molar-refractivity contribution in [3.8, 4) is 0 Å². The molecule has 36 heavy (non-hydrogen) atoms. The van der Waals surface area contributed by atoms with E-state index in [9.17, 15) is 29.1 Å². The minimum Gasteiger partial charge on any atom is -0.481 e. The molecule has 0 radical (unpaired) electrons. The number of nitrogens with one attached hydrogen (secondary N) is 4. The third-order valence-corrected chi connectivity index (χ3v) is 5.73. The fraction of sp³-hybridized carbons (Fsp3) is 0.652. The number of amides is 3. The van der Waals surface area contributed by atoms with E-state index in [0.717, 1.165) is 0 Å². The lowest BCUT2D eigenvalue weighted by atomic mass is 9.96. The molecule has 0 aliphatic carbocycles. The molecule has 3 amide bonds. The first kappa shape index (κ1) is 30.6. The quantitative estimate of drug-likeness (QED) is 0.156. The number of nitrogens with two attached hydrogens (primary N) is 1. The van der Waals surface area contributed by atoms with Crippen LogP contribution in [0.3, 0.4) is 0 Å². The van der Waals surface area contributed by atoms with Crippen LogP contribution in [-0.4, -0.2) is 74.0 Å². The number of aromatic nitrogens is 2. The molecule has 5 unspecified atom stereocenters. The third-order valence-electron chi connectivity index (χ3n) is 5.73. The number of carbonyl (C=O) groups excluding carboxylic acids is 3. The Hall–Kier alpha value is -3.48. The smallest absolute Gasteiger partial charge is 0.326 e. The normalized spacial score (nSPS) is 15.3. The largest absolute Gasteiger partial charge is 0.481 e. The number of imidazole rings is 1. The monoisotopic (exact) mass is 510 g/mol. The number of aromatic amines is 1. The second-order valence-electron chi connectivity index (χ2n) is 9.28. The number of carboxylic acids is 2. The number of carboxylic acid groups (broad SMARTS) is 2. The summed E-state index contributed by atoms with van der Waals surface area (Å²) < 4.78 is 0. The van der Waals surface area contributed by atoms with Crippen molar-refractivity contribution in [3.05, 3.63) is 18.2 Å². The van der Waals surface area contributed by atoms with Crippen LogP contribution in [-0.2, 0) is 30.4 Å². The summed E-state index contributed by atoms with van der Waals surface area (Å²) in [6.45, 7) is 7.46. The SMILES string of the molecule is CCC(C)C(NC(=O)C(N)CC(C)C)C(=O)NC(Cc1cnc[nH]1)C(=O)NC(CCC(=O)O)C(=O)O. The minimum atomic E-state index is -1.46. The highest BCUT2D eigenvalue weighted by Crippen LogP contribution is 2.11. The molecule has 0 aliphatic rings. The second-order valence-corrected chi connectivity index (χ2v) is 9.28. The number of hydrogen-bond donors (Lipinski definition) is 7. The Balaban J connectivity index is 3.08. The van der Waals surface area contributed by atoms with E-state index in [4.69, 9.17) is 10.8 Å². The van der Waals surface area contributed by atoms with Gasteiger partial charge in [-0.15, -0.1) is 0 Å². The zero-order valence-corrected chi connectivity index (χ0v) is 21.1. The van der Waals surface area contributed by atoms with E-state index >= 15 is 0 Å². The lowest BCUT2D eigenvalue weighted by molar-refractivity contribution is -0.143. The van der Waals surface area contributed by atoms with Gasteiger partial charge >= 0.3 is 11.9 Å². The summed E-state index contributed by atoms with van der Waals surface area (Å²) in [5.41, 5.74) is 6.46. The van der Waals surface area contributed by atoms with Gasteiger partial charge in [0.1, 0.15) is 18.1 Å². The van der Waals surface area contributed by atoms with Crippen molar-refractivity contribution in [2.75, 3.05) is 0 Å². The zero-order valence-electron chi connectivity index (χ0n) is 21.1. The van der Waals surface area contributed by atoms with Gasteiger partial charge in [-0.25, -0.2) is 9.78 Å².